The monoisotopic (exact) mass is 278 g/mol. The average Bonchev–Trinajstić information content (AvgIpc) is 2.46. The zero-order chi connectivity index (χ0) is 15.1. The largest absolute Gasteiger partial charge is 0.496 e. The summed E-state index contributed by atoms with van der Waals surface area (Å²) < 4.78 is 12.1. The van der Waals surface area contributed by atoms with E-state index < -0.39 is 18.3 Å². The number of nitrogens with two attached hydrogens (primary N) is 1. The molecular weight excluding hydrogens is 255 g/mol. The van der Waals surface area contributed by atoms with Crippen LogP contribution in [0.15, 0.2) is 17.1 Å². The first kappa shape index (κ1) is 15.3. The van der Waals surface area contributed by atoms with Gasteiger partial charge in [0, 0.05) is 23.8 Å². The summed E-state index contributed by atoms with van der Waals surface area (Å²) in [6.07, 6.45) is 2.28. The summed E-state index contributed by atoms with van der Waals surface area (Å²) in [4.78, 5) is 14.2. The Bertz CT molecular complexity index is 536. The van der Waals surface area contributed by atoms with E-state index in [1.807, 2.05) is 34.6 Å². The van der Waals surface area contributed by atoms with Crippen LogP contribution in [0.3, 0.4) is 0 Å². The van der Waals surface area contributed by atoms with Gasteiger partial charge in [-0.3, -0.25) is 4.79 Å². The number of hydrogen-bond acceptors (Lipinski definition) is 4. The van der Waals surface area contributed by atoms with Crippen LogP contribution in [0, 0.1) is 0 Å². The average molecular weight is 278 g/mol. The SMILES string of the molecule is CC(N)Cc1cc(=O)[nH]cc1B1OC(C)(C)C(C)(C)O1. The summed E-state index contributed by atoms with van der Waals surface area (Å²) >= 11 is 0. The van der Waals surface area contributed by atoms with Crippen LogP contribution in [0.5, 0.6) is 0 Å². The molecule has 1 saturated heterocycles. The predicted octanol–water partition coefficient (Wildman–Crippen LogP) is 0.564. The summed E-state index contributed by atoms with van der Waals surface area (Å²) in [7, 11) is -0.481. The van der Waals surface area contributed by atoms with Gasteiger partial charge in [-0.25, -0.2) is 0 Å². The van der Waals surface area contributed by atoms with Gasteiger partial charge in [0.25, 0.3) is 0 Å². The number of pyridine rings is 1. The lowest BCUT2D eigenvalue weighted by molar-refractivity contribution is 0.00578. The van der Waals surface area contributed by atoms with E-state index in [9.17, 15) is 4.79 Å². The second-order valence-electron chi connectivity index (χ2n) is 6.55. The van der Waals surface area contributed by atoms with Gasteiger partial charge in [0.05, 0.1) is 11.2 Å². The Hall–Kier alpha value is -1.11. The Morgan fingerprint density at radius 3 is 2.35 bits per heavy atom. The lowest BCUT2D eigenvalue weighted by atomic mass is 9.76. The molecule has 0 aromatic carbocycles. The van der Waals surface area contributed by atoms with Crippen molar-refractivity contribution in [2.75, 3.05) is 0 Å². The van der Waals surface area contributed by atoms with Gasteiger partial charge in [-0.2, -0.15) is 0 Å². The fourth-order valence-corrected chi connectivity index (χ4v) is 2.24. The molecule has 1 aromatic rings. The third-order valence-corrected chi connectivity index (χ3v) is 4.10. The minimum absolute atomic E-state index is 0.0297. The zero-order valence-electron chi connectivity index (χ0n) is 12.8. The predicted molar refractivity (Wildman–Crippen MR) is 80.1 cm³/mol. The summed E-state index contributed by atoms with van der Waals surface area (Å²) in [5.74, 6) is 0. The van der Waals surface area contributed by atoms with Crippen LogP contribution in [-0.2, 0) is 15.7 Å². The van der Waals surface area contributed by atoms with Crippen molar-refractivity contribution in [2.24, 2.45) is 5.73 Å². The molecule has 0 radical (unpaired) electrons. The van der Waals surface area contributed by atoms with E-state index in [-0.39, 0.29) is 11.6 Å². The van der Waals surface area contributed by atoms with Crippen LogP contribution < -0.4 is 16.8 Å². The first-order valence-corrected chi connectivity index (χ1v) is 6.95. The van der Waals surface area contributed by atoms with Crippen LogP contribution in [0.25, 0.3) is 0 Å². The van der Waals surface area contributed by atoms with Crippen molar-refractivity contribution in [2.45, 2.75) is 58.3 Å². The lowest BCUT2D eigenvalue weighted by Crippen LogP contribution is -2.41. The molecule has 1 aliphatic rings. The van der Waals surface area contributed by atoms with Gasteiger partial charge in [-0.05, 0) is 46.6 Å². The smallest absolute Gasteiger partial charge is 0.399 e. The first-order valence-electron chi connectivity index (χ1n) is 6.95. The maximum atomic E-state index is 11.5. The quantitative estimate of drug-likeness (QED) is 0.792. The van der Waals surface area contributed by atoms with Crippen molar-refractivity contribution >= 4 is 12.6 Å². The van der Waals surface area contributed by atoms with Crippen LogP contribution in [0.4, 0.5) is 0 Å². The molecule has 0 amide bonds. The lowest BCUT2D eigenvalue weighted by Gasteiger charge is -2.32. The first-order chi connectivity index (χ1) is 9.12. The van der Waals surface area contributed by atoms with E-state index in [0.29, 0.717) is 6.42 Å². The van der Waals surface area contributed by atoms with Gasteiger partial charge >= 0.3 is 7.12 Å². The molecule has 6 heteroatoms. The molecule has 2 heterocycles. The van der Waals surface area contributed by atoms with Gasteiger partial charge in [0.1, 0.15) is 0 Å². The van der Waals surface area contributed by atoms with Gasteiger partial charge in [-0.1, -0.05) is 0 Å². The normalized spacial score (nSPS) is 22.0. The molecular formula is C14H23BN2O3. The number of aromatic amines is 1. The highest BCUT2D eigenvalue weighted by molar-refractivity contribution is 6.62. The standard InChI is InChI=1S/C14H23BN2O3/c1-9(16)6-10-7-12(18)17-8-11(10)15-19-13(2,3)14(4,5)20-15/h7-9H,6,16H2,1-5H3,(H,17,18). The van der Waals surface area contributed by atoms with Crippen LogP contribution in [0.1, 0.15) is 40.2 Å². The van der Waals surface area contributed by atoms with Gasteiger partial charge in [-0.15, -0.1) is 0 Å². The number of rotatable bonds is 3. The fourth-order valence-electron chi connectivity index (χ4n) is 2.24. The number of aromatic nitrogens is 1. The summed E-state index contributed by atoms with van der Waals surface area (Å²) in [5, 5.41) is 0. The highest BCUT2D eigenvalue weighted by atomic mass is 16.7. The van der Waals surface area contributed by atoms with Gasteiger partial charge < -0.3 is 20.0 Å². The van der Waals surface area contributed by atoms with Crippen LogP contribution >= 0.6 is 0 Å². The van der Waals surface area contributed by atoms with E-state index in [2.05, 4.69) is 4.98 Å². The number of nitrogens with one attached hydrogen (secondary N) is 1. The highest BCUT2D eigenvalue weighted by Crippen LogP contribution is 2.36. The van der Waals surface area contributed by atoms with Crippen molar-refractivity contribution < 1.29 is 9.31 Å². The number of H-pyrrole nitrogens is 1. The fraction of sp³-hybridized carbons (Fsp3) is 0.643. The third kappa shape index (κ3) is 2.82. The molecule has 1 atom stereocenters. The Morgan fingerprint density at radius 1 is 1.30 bits per heavy atom. The molecule has 0 bridgehead atoms. The van der Waals surface area contributed by atoms with E-state index in [1.54, 1.807) is 12.3 Å². The number of hydrogen-bond donors (Lipinski definition) is 2. The van der Waals surface area contributed by atoms with E-state index >= 15 is 0 Å². The highest BCUT2D eigenvalue weighted by Gasteiger charge is 2.52. The molecule has 5 nitrogen and oxygen atoms in total. The van der Waals surface area contributed by atoms with Gasteiger partial charge in [0.15, 0.2) is 0 Å². The maximum absolute atomic E-state index is 11.5. The summed E-state index contributed by atoms with van der Waals surface area (Å²) in [6.45, 7) is 9.93. The van der Waals surface area contributed by atoms with E-state index in [0.717, 1.165) is 11.0 Å². The molecule has 1 aromatic heterocycles. The Kier molecular flexibility index (Phi) is 3.84. The molecule has 1 unspecified atom stereocenters. The second-order valence-corrected chi connectivity index (χ2v) is 6.55. The minimum Gasteiger partial charge on any atom is -0.399 e. The molecule has 0 aliphatic carbocycles. The topological polar surface area (TPSA) is 77.3 Å². The second kappa shape index (κ2) is 5.02. The Labute approximate surface area is 120 Å². The Balaban J connectivity index is 2.37. The zero-order valence-corrected chi connectivity index (χ0v) is 12.8. The molecule has 1 aliphatic heterocycles. The van der Waals surface area contributed by atoms with Gasteiger partial charge in [0.2, 0.25) is 5.56 Å². The Morgan fingerprint density at radius 2 is 1.85 bits per heavy atom. The van der Waals surface area contributed by atoms with Crippen LogP contribution in [0.2, 0.25) is 0 Å². The maximum Gasteiger partial charge on any atom is 0.496 e. The van der Waals surface area contributed by atoms with Crippen molar-refractivity contribution in [1.82, 2.24) is 4.98 Å². The van der Waals surface area contributed by atoms with Crippen LogP contribution in [-0.4, -0.2) is 29.3 Å². The molecule has 3 N–H and O–H groups in total. The van der Waals surface area contributed by atoms with E-state index in [1.165, 1.54) is 0 Å². The van der Waals surface area contributed by atoms with Crippen molar-refractivity contribution in [1.29, 1.82) is 0 Å². The molecule has 0 spiro atoms. The van der Waals surface area contributed by atoms with E-state index in [4.69, 9.17) is 15.0 Å². The molecule has 20 heavy (non-hydrogen) atoms. The summed E-state index contributed by atoms with van der Waals surface area (Å²) in [5.41, 5.74) is 6.63. The molecule has 0 saturated carbocycles. The molecule has 1 fully saturated rings. The van der Waals surface area contributed by atoms with Crippen molar-refractivity contribution in [3.8, 4) is 0 Å². The minimum atomic E-state index is -0.481. The summed E-state index contributed by atoms with van der Waals surface area (Å²) in [6, 6.07) is 1.54. The molecule has 2 rings (SSSR count). The van der Waals surface area contributed by atoms with Crippen molar-refractivity contribution in [3.63, 3.8) is 0 Å². The van der Waals surface area contributed by atoms with Crippen molar-refractivity contribution in [3.05, 3.63) is 28.2 Å². The molecule has 110 valence electrons. The third-order valence-electron chi connectivity index (χ3n) is 4.10.